The van der Waals surface area contributed by atoms with Gasteiger partial charge >= 0.3 is 0 Å². The Balaban J connectivity index is 2.62. The fourth-order valence-corrected chi connectivity index (χ4v) is 2.83. The summed E-state index contributed by atoms with van der Waals surface area (Å²) in [4.78, 5) is 1.39. The third kappa shape index (κ3) is 5.13. The lowest BCUT2D eigenvalue weighted by molar-refractivity contribution is 0.637. The lowest BCUT2D eigenvalue weighted by Crippen LogP contribution is -2.18. The van der Waals surface area contributed by atoms with Crippen LogP contribution in [0.2, 0.25) is 0 Å². The molecule has 2 N–H and O–H groups in total. The fourth-order valence-electron chi connectivity index (χ4n) is 1.69. The molecule has 1 aromatic rings. The molecule has 1 rings (SSSR count). The highest BCUT2D eigenvalue weighted by molar-refractivity contribution is 7.99. The lowest BCUT2D eigenvalue weighted by Gasteiger charge is -2.12. The van der Waals surface area contributed by atoms with Crippen molar-refractivity contribution in [3.05, 3.63) is 29.3 Å². The Bertz CT molecular complexity index is 347. The third-order valence-corrected chi connectivity index (χ3v) is 4.41. The zero-order chi connectivity index (χ0) is 12.8. The van der Waals surface area contributed by atoms with Gasteiger partial charge in [-0.15, -0.1) is 11.8 Å². The first-order chi connectivity index (χ1) is 8.02. The summed E-state index contributed by atoms with van der Waals surface area (Å²) in [7, 11) is 0. The highest BCUT2D eigenvalue weighted by atomic mass is 32.2. The van der Waals surface area contributed by atoms with E-state index >= 15 is 0 Å². The Morgan fingerprint density at radius 3 is 2.53 bits per heavy atom. The normalized spacial score (nSPS) is 14.6. The van der Waals surface area contributed by atoms with Gasteiger partial charge in [0.1, 0.15) is 0 Å². The van der Waals surface area contributed by atoms with E-state index in [-0.39, 0.29) is 6.04 Å². The Morgan fingerprint density at radius 2 is 2.00 bits per heavy atom. The molecule has 0 fully saturated rings. The average Bonchev–Trinajstić information content (AvgIpc) is 2.28. The zero-order valence-corrected chi connectivity index (χ0v) is 12.3. The molecular weight excluding hydrogens is 226 g/mol. The third-order valence-electron chi connectivity index (χ3n) is 3.09. The van der Waals surface area contributed by atoms with Crippen LogP contribution in [0.1, 0.15) is 38.3 Å². The molecule has 96 valence electrons. The van der Waals surface area contributed by atoms with Crippen LogP contribution in [0.4, 0.5) is 0 Å². The quantitative estimate of drug-likeness (QED) is 0.773. The number of nitrogens with two attached hydrogens (primary N) is 1. The number of aryl methyl sites for hydroxylation is 1. The first-order valence-corrected chi connectivity index (χ1v) is 7.49. The van der Waals surface area contributed by atoms with E-state index in [2.05, 4.69) is 45.9 Å². The number of thioether (sulfide) groups is 1. The average molecular weight is 251 g/mol. The summed E-state index contributed by atoms with van der Waals surface area (Å²) in [6.07, 6.45) is 2.23. The van der Waals surface area contributed by atoms with Crippen LogP contribution < -0.4 is 5.73 Å². The molecule has 1 aromatic carbocycles. The van der Waals surface area contributed by atoms with Crippen molar-refractivity contribution in [2.45, 2.75) is 51.5 Å². The molecule has 0 saturated heterocycles. The van der Waals surface area contributed by atoms with Crippen molar-refractivity contribution in [3.8, 4) is 0 Å². The smallest absolute Gasteiger partial charge is 0.00748 e. The Labute approximate surface area is 110 Å². The van der Waals surface area contributed by atoms with E-state index in [1.165, 1.54) is 28.2 Å². The van der Waals surface area contributed by atoms with Crippen LogP contribution in [-0.4, -0.2) is 11.8 Å². The van der Waals surface area contributed by atoms with Crippen molar-refractivity contribution < 1.29 is 0 Å². The molecule has 0 radical (unpaired) electrons. The second-order valence-electron chi connectivity index (χ2n) is 5.09. The highest BCUT2D eigenvalue weighted by Gasteiger charge is 2.05. The first kappa shape index (κ1) is 14.6. The Morgan fingerprint density at radius 1 is 1.29 bits per heavy atom. The summed E-state index contributed by atoms with van der Waals surface area (Å²) >= 11 is 1.96. The SMILES string of the molecule is CCC(C)CSc1ccc(CC(C)N)c(C)c1. The van der Waals surface area contributed by atoms with E-state index in [9.17, 15) is 0 Å². The molecule has 2 unspecified atom stereocenters. The van der Waals surface area contributed by atoms with E-state index in [1.807, 2.05) is 11.8 Å². The first-order valence-electron chi connectivity index (χ1n) is 6.50. The summed E-state index contributed by atoms with van der Waals surface area (Å²) in [6, 6.07) is 7.01. The van der Waals surface area contributed by atoms with Crippen molar-refractivity contribution in [1.82, 2.24) is 0 Å². The van der Waals surface area contributed by atoms with Gasteiger partial charge in [-0.2, -0.15) is 0 Å². The van der Waals surface area contributed by atoms with E-state index in [0.717, 1.165) is 12.3 Å². The summed E-state index contributed by atoms with van der Waals surface area (Å²) in [5.41, 5.74) is 8.60. The molecule has 0 saturated carbocycles. The maximum atomic E-state index is 5.84. The Kier molecular flexibility index (Phi) is 6.07. The topological polar surface area (TPSA) is 26.0 Å². The fraction of sp³-hybridized carbons (Fsp3) is 0.600. The molecule has 0 aromatic heterocycles. The maximum Gasteiger partial charge on any atom is 0.00748 e. The van der Waals surface area contributed by atoms with E-state index in [4.69, 9.17) is 5.73 Å². The molecule has 0 aliphatic rings. The molecule has 2 heteroatoms. The molecule has 1 nitrogen and oxygen atoms in total. The minimum Gasteiger partial charge on any atom is -0.328 e. The van der Waals surface area contributed by atoms with Gasteiger partial charge in [-0.25, -0.2) is 0 Å². The van der Waals surface area contributed by atoms with E-state index in [0.29, 0.717) is 0 Å². The van der Waals surface area contributed by atoms with Crippen LogP contribution in [-0.2, 0) is 6.42 Å². The highest BCUT2D eigenvalue weighted by Crippen LogP contribution is 2.24. The van der Waals surface area contributed by atoms with Crippen LogP contribution in [0, 0.1) is 12.8 Å². The summed E-state index contributed by atoms with van der Waals surface area (Å²) in [6.45, 7) is 8.81. The van der Waals surface area contributed by atoms with Gasteiger partial charge in [0, 0.05) is 16.7 Å². The van der Waals surface area contributed by atoms with Crippen LogP contribution in [0.15, 0.2) is 23.1 Å². The van der Waals surface area contributed by atoms with Gasteiger partial charge in [0.25, 0.3) is 0 Å². The molecular formula is C15H25NS. The van der Waals surface area contributed by atoms with Crippen molar-refractivity contribution in [3.63, 3.8) is 0 Å². The number of hydrogen-bond acceptors (Lipinski definition) is 2. The van der Waals surface area contributed by atoms with Crippen molar-refractivity contribution in [2.75, 3.05) is 5.75 Å². The number of benzene rings is 1. The second kappa shape index (κ2) is 7.07. The zero-order valence-electron chi connectivity index (χ0n) is 11.5. The largest absolute Gasteiger partial charge is 0.328 e. The minimum atomic E-state index is 0.243. The van der Waals surface area contributed by atoms with Crippen LogP contribution in [0.25, 0.3) is 0 Å². The van der Waals surface area contributed by atoms with Gasteiger partial charge in [0.15, 0.2) is 0 Å². The molecule has 0 amide bonds. The number of rotatable bonds is 6. The van der Waals surface area contributed by atoms with Crippen LogP contribution >= 0.6 is 11.8 Å². The second-order valence-corrected chi connectivity index (χ2v) is 6.19. The molecule has 17 heavy (non-hydrogen) atoms. The lowest BCUT2D eigenvalue weighted by atomic mass is 10.0. The molecule has 0 bridgehead atoms. The van der Waals surface area contributed by atoms with Crippen LogP contribution in [0.5, 0.6) is 0 Å². The van der Waals surface area contributed by atoms with Gasteiger partial charge in [0.2, 0.25) is 0 Å². The molecule has 0 heterocycles. The molecule has 2 atom stereocenters. The van der Waals surface area contributed by atoms with E-state index < -0.39 is 0 Å². The van der Waals surface area contributed by atoms with Crippen LogP contribution in [0.3, 0.4) is 0 Å². The van der Waals surface area contributed by atoms with Gasteiger partial charge in [0.05, 0.1) is 0 Å². The van der Waals surface area contributed by atoms with Gasteiger partial charge in [-0.1, -0.05) is 26.3 Å². The predicted molar refractivity (Wildman–Crippen MR) is 78.7 cm³/mol. The minimum absolute atomic E-state index is 0.243. The molecule has 0 spiro atoms. The summed E-state index contributed by atoms with van der Waals surface area (Å²) in [5.74, 6) is 2.01. The summed E-state index contributed by atoms with van der Waals surface area (Å²) < 4.78 is 0. The molecule has 0 aliphatic heterocycles. The van der Waals surface area contributed by atoms with Crippen molar-refractivity contribution in [2.24, 2.45) is 11.7 Å². The van der Waals surface area contributed by atoms with Crippen molar-refractivity contribution in [1.29, 1.82) is 0 Å². The standard InChI is InChI=1S/C15H25NS/c1-5-11(2)10-17-15-7-6-14(9-13(4)16)12(3)8-15/h6-8,11,13H,5,9-10,16H2,1-4H3. The molecule has 0 aliphatic carbocycles. The van der Waals surface area contributed by atoms with E-state index in [1.54, 1.807) is 0 Å². The predicted octanol–water partition coefficient (Wildman–Crippen LogP) is 4.02. The van der Waals surface area contributed by atoms with Gasteiger partial charge < -0.3 is 5.73 Å². The Hall–Kier alpha value is -0.470. The van der Waals surface area contributed by atoms with Crippen molar-refractivity contribution >= 4 is 11.8 Å². The van der Waals surface area contributed by atoms with Gasteiger partial charge in [-0.3, -0.25) is 0 Å². The van der Waals surface area contributed by atoms with Gasteiger partial charge in [-0.05, 0) is 49.4 Å². The monoisotopic (exact) mass is 251 g/mol. The maximum absolute atomic E-state index is 5.84. The number of hydrogen-bond donors (Lipinski definition) is 1. The summed E-state index contributed by atoms with van der Waals surface area (Å²) in [5, 5.41) is 0.